The highest BCUT2D eigenvalue weighted by Crippen LogP contribution is 2.68. The Kier molecular flexibility index (Phi) is 8.80. The van der Waals surface area contributed by atoms with Gasteiger partial charge in [0.1, 0.15) is 5.84 Å². The van der Waals surface area contributed by atoms with Crippen molar-refractivity contribution in [2.45, 2.75) is 55.9 Å². The number of nitrogens with zero attached hydrogens (tertiary/aromatic N) is 2. The van der Waals surface area contributed by atoms with Crippen molar-refractivity contribution in [3.63, 3.8) is 0 Å². The number of aryl methyl sites for hydroxylation is 1. The second kappa shape index (κ2) is 15.0. The van der Waals surface area contributed by atoms with Gasteiger partial charge in [0.05, 0.1) is 17.4 Å². The molecule has 316 valence electrons. The summed E-state index contributed by atoms with van der Waals surface area (Å²) in [5, 5.41) is 0. The van der Waals surface area contributed by atoms with E-state index in [0.717, 1.165) is 24.0 Å². The number of rotatable bonds is 6. The van der Waals surface area contributed by atoms with Crippen molar-refractivity contribution in [3.05, 3.63) is 278 Å². The first kappa shape index (κ1) is 38.8. The Morgan fingerprint density at radius 1 is 0.545 bits per heavy atom. The van der Waals surface area contributed by atoms with Crippen LogP contribution in [0, 0.1) is 6.92 Å². The second-order valence-corrected chi connectivity index (χ2v) is 18.7. The molecular weight excluding hydrogens is 799 g/mol. The molecule has 8 aromatic carbocycles. The fourth-order valence-corrected chi connectivity index (χ4v) is 12.5. The van der Waals surface area contributed by atoms with Gasteiger partial charge in [0.25, 0.3) is 0 Å². The monoisotopic (exact) mass is 847 g/mol. The summed E-state index contributed by atoms with van der Waals surface area (Å²) in [7, 11) is 0. The lowest BCUT2D eigenvalue weighted by molar-refractivity contribution is 0.621. The third-order valence-electron chi connectivity index (χ3n) is 15.3. The fraction of sp³-hybridized carbons (Fsp3) is 0.143. The molecule has 1 saturated carbocycles. The first-order chi connectivity index (χ1) is 32.6. The molecule has 0 radical (unpaired) electrons. The van der Waals surface area contributed by atoms with Crippen molar-refractivity contribution in [3.8, 4) is 22.3 Å². The van der Waals surface area contributed by atoms with Crippen molar-refractivity contribution >= 4 is 17.2 Å². The average molecular weight is 848 g/mol. The van der Waals surface area contributed by atoms with Crippen molar-refractivity contribution in [2.24, 2.45) is 15.7 Å². The lowest BCUT2D eigenvalue weighted by Crippen LogP contribution is -2.45. The summed E-state index contributed by atoms with van der Waals surface area (Å²) >= 11 is 0. The molecule has 1 fully saturated rings. The van der Waals surface area contributed by atoms with Crippen LogP contribution < -0.4 is 5.73 Å². The van der Waals surface area contributed by atoms with E-state index in [9.17, 15) is 0 Å². The van der Waals surface area contributed by atoms with Gasteiger partial charge in [0, 0.05) is 11.1 Å². The van der Waals surface area contributed by atoms with E-state index in [1.54, 1.807) is 0 Å². The largest absolute Gasteiger partial charge is 0.383 e. The average Bonchev–Trinajstić information content (AvgIpc) is 4.13. The molecule has 2 N–H and O–H groups in total. The number of allylic oxidation sites excluding steroid dienone is 4. The lowest BCUT2D eigenvalue weighted by atomic mass is 9.51. The molecule has 0 saturated heterocycles. The maximum absolute atomic E-state index is 7.14. The van der Waals surface area contributed by atoms with E-state index >= 15 is 0 Å². The van der Waals surface area contributed by atoms with Crippen LogP contribution in [-0.2, 0) is 17.4 Å². The molecule has 0 heterocycles. The van der Waals surface area contributed by atoms with Crippen LogP contribution in [0.4, 0.5) is 0 Å². The normalized spacial score (nSPS) is 18.4. The third kappa shape index (κ3) is 5.50. The minimum atomic E-state index is -0.566. The Morgan fingerprint density at radius 2 is 1.14 bits per heavy atom. The molecule has 2 spiro atoms. The molecule has 0 bridgehead atoms. The Morgan fingerprint density at radius 3 is 1.83 bits per heavy atom. The zero-order valence-electron chi connectivity index (χ0n) is 37.1. The van der Waals surface area contributed by atoms with Gasteiger partial charge in [-0.1, -0.05) is 194 Å². The van der Waals surface area contributed by atoms with Crippen molar-refractivity contribution < 1.29 is 0 Å². The molecule has 5 aliphatic carbocycles. The van der Waals surface area contributed by atoms with E-state index in [1.165, 1.54) is 107 Å². The standard InChI is InChI=1S/C63H49N3/c1-40-18-5-6-22-45(40)51-38-43(36-37-46(51)41-34-35-41)60(64)66-61(42-19-3-2-4-20-42)65-39-44-21-17-33-58-59(44)63(54-29-13-9-25-49(54)50-26-10-14-30-55(50)63)57-32-16-15-31-56(57)62(58)52-27-11-7-23-47(52)48-24-8-12-28-53(48)62/h2-9,11-25,27-33,36-38,41H,10,26,34-35,39H2,1H3,(H2,64,65,66). The highest BCUT2D eigenvalue weighted by molar-refractivity contribution is 6.11. The molecule has 1 unspecified atom stereocenters. The van der Waals surface area contributed by atoms with Gasteiger partial charge in [-0.05, 0) is 139 Å². The first-order valence-corrected chi connectivity index (χ1v) is 23.6. The summed E-state index contributed by atoms with van der Waals surface area (Å²) in [5.41, 5.74) is 30.3. The first-order valence-electron chi connectivity index (χ1n) is 23.6. The summed E-state index contributed by atoms with van der Waals surface area (Å²) < 4.78 is 0. The van der Waals surface area contributed by atoms with Gasteiger partial charge in [-0.2, -0.15) is 0 Å². The lowest BCUT2D eigenvalue weighted by Gasteiger charge is -2.50. The quantitative estimate of drug-likeness (QED) is 0.132. The van der Waals surface area contributed by atoms with E-state index in [1.807, 2.05) is 6.07 Å². The number of fused-ring (bicyclic) bond motifs is 15. The van der Waals surface area contributed by atoms with E-state index in [2.05, 4.69) is 201 Å². The van der Waals surface area contributed by atoms with Gasteiger partial charge in [0.2, 0.25) is 0 Å². The summed E-state index contributed by atoms with van der Waals surface area (Å²) in [6.07, 6.45) is 9.34. The van der Waals surface area contributed by atoms with Crippen molar-refractivity contribution in [1.82, 2.24) is 0 Å². The molecule has 0 aliphatic heterocycles. The number of nitrogens with two attached hydrogens (primary N) is 1. The van der Waals surface area contributed by atoms with Gasteiger partial charge in [-0.25, -0.2) is 4.99 Å². The highest BCUT2D eigenvalue weighted by atomic mass is 15.0. The number of amidine groups is 2. The zero-order chi connectivity index (χ0) is 44.0. The Balaban J connectivity index is 1.05. The summed E-state index contributed by atoms with van der Waals surface area (Å²) in [6.45, 7) is 2.61. The predicted molar refractivity (Wildman–Crippen MR) is 271 cm³/mol. The van der Waals surface area contributed by atoms with E-state index in [0.29, 0.717) is 24.1 Å². The van der Waals surface area contributed by atoms with Gasteiger partial charge >= 0.3 is 0 Å². The Bertz CT molecular complexity index is 3390. The summed E-state index contributed by atoms with van der Waals surface area (Å²) in [6, 6.07) is 69.5. The molecule has 3 heteroatoms. The van der Waals surface area contributed by atoms with E-state index < -0.39 is 10.8 Å². The number of benzene rings is 8. The van der Waals surface area contributed by atoms with Crippen LogP contribution in [0.3, 0.4) is 0 Å². The van der Waals surface area contributed by atoms with Crippen molar-refractivity contribution in [1.29, 1.82) is 0 Å². The van der Waals surface area contributed by atoms with Crippen molar-refractivity contribution in [2.75, 3.05) is 0 Å². The summed E-state index contributed by atoms with van der Waals surface area (Å²) in [4.78, 5) is 10.8. The highest BCUT2D eigenvalue weighted by Gasteiger charge is 2.59. The van der Waals surface area contributed by atoms with E-state index in [4.69, 9.17) is 15.7 Å². The van der Waals surface area contributed by atoms with Crippen LogP contribution in [0.5, 0.6) is 0 Å². The minimum Gasteiger partial charge on any atom is -0.383 e. The molecule has 3 nitrogen and oxygen atoms in total. The third-order valence-corrected chi connectivity index (χ3v) is 15.3. The molecular formula is C63H49N3. The van der Waals surface area contributed by atoms with E-state index in [-0.39, 0.29) is 0 Å². The van der Waals surface area contributed by atoms with Crippen LogP contribution >= 0.6 is 0 Å². The molecule has 66 heavy (non-hydrogen) atoms. The van der Waals surface area contributed by atoms with Crippen LogP contribution in [0.1, 0.15) is 104 Å². The molecule has 0 amide bonds. The van der Waals surface area contributed by atoms with Crippen LogP contribution in [-0.4, -0.2) is 11.7 Å². The minimum absolute atomic E-state index is 0.414. The van der Waals surface area contributed by atoms with Gasteiger partial charge in [-0.15, -0.1) is 0 Å². The predicted octanol–water partition coefficient (Wildman–Crippen LogP) is 14.0. The van der Waals surface area contributed by atoms with Crippen LogP contribution in [0.15, 0.2) is 216 Å². The molecule has 0 aromatic heterocycles. The number of hydrogen-bond donors (Lipinski definition) is 1. The molecule has 8 aromatic rings. The Hall–Kier alpha value is -7.62. The van der Waals surface area contributed by atoms with Gasteiger partial charge in [0.15, 0.2) is 5.84 Å². The number of hydrogen-bond acceptors (Lipinski definition) is 1. The van der Waals surface area contributed by atoms with Crippen LogP contribution in [0.2, 0.25) is 0 Å². The summed E-state index contributed by atoms with van der Waals surface area (Å²) in [5.74, 6) is 1.67. The zero-order valence-corrected chi connectivity index (χ0v) is 37.1. The Labute approximate surface area is 387 Å². The fourth-order valence-electron chi connectivity index (χ4n) is 12.5. The molecule has 1 atom stereocenters. The second-order valence-electron chi connectivity index (χ2n) is 18.7. The molecule has 13 rings (SSSR count). The maximum Gasteiger partial charge on any atom is 0.157 e. The topological polar surface area (TPSA) is 50.7 Å². The SMILES string of the molecule is Cc1ccccc1-c1cc(C(N)=NC(=NCc2cccc3c2C2(C4=C(CCC=C4)c4ccccc42)c2ccccc2C32c3ccccc3-c3ccccc32)c2ccccc2)ccc1C1CC1. The van der Waals surface area contributed by atoms with Gasteiger partial charge < -0.3 is 5.73 Å². The maximum atomic E-state index is 7.14. The number of aliphatic imine (C=N–C) groups is 2. The molecule has 5 aliphatic rings. The smallest absolute Gasteiger partial charge is 0.157 e. The van der Waals surface area contributed by atoms with Gasteiger partial charge in [-0.3, -0.25) is 4.99 Å². The van der Waals surface area contributed by atoms with Crippen LogP contribution in [0.25, 0.3) is 27.8 Å².